The summed E-state index contributed by atoms with van der Waals surface area (Å²) in [6.07, 6.45) is 2.28. The van der Waals surface area contributed by atoms with Crippen molar-refractivity contribution in [3.63, 3.8) is 0 Å². The molecule has 0 radical (unpaired) electrons. The fourth-order valence-corrected chi connectivity index (χ4v) is 1.96. The number of benzene rings is 2. The number of aryl methyl sites for hydroxylation is 1. The molecule has 0 atom stereocenters. The Morgan fingerprint density at radius 2 is 1.63 bits per heavy atom. The van der Waals surface area contributed by atoms with Crippen LogP contribution in [0.3, 0.4) is 0 Å². The Bertz CT molecular complexity index is 464. The smallest absolute Gasteiger partial charge is 0.119 e. The summed E-state index contributed by atoms with van der Waals surface area (Å²) in [6.45, 7) is 1.69. The van der Waals surface area contributed by atoms with Crippen molar-refractivity contribution in [3.05, 3.63) is 65.7 Å². The van der Waals surface area contributed by atoms with Crippen LogP contribution in [0.25, 0.3) is 0 Å². The lowest BCUT2D eigenvalue weighted by molar-refractivity contribution is 0.306. The molecule has 2 aromatic rings. The molecular formula is C17H21NO. The zero-order valence-electron chi connectivity index (χ0n) is 11.4. The lowest BCUT2D eigenvalue weighted by Crippen LogP contribution is -2.08. The summed E-state index contributed by atoms with van der Waals surface area (Å²) in [5.74, 6) is 0.932. The van der Waals surface area contributed by atoms with Gasteiger partial charge in [-0.25, -0.2) is 0 Å². The van der Waals surface area contributed by atoms with Gasteiger partial charge in [0.05, 0.1) is 0 Å². The maximum atomic E-state index is 5.76. The van der Waals surface area contributed by atoms with Gasteiger partial charge in [-0.3, -0.25) is 0 Å². The van der Waals surface area contributed by atoms with Crippen LogP contribution in [0.5, 0.6) is 5.75 Å². The SMILES string of the molecule is CNCCCc1ccc(OCc2ccccc2)cc1. The molecule has 0 bridgehead atoms. The van der Waals surface area contributed by atoms with Gasteiger partial charge in [0, 0.05) is 0 Å². The van der Waals surface area contributed by atoms with Crippen molar-refractivity contribution in [1.29, 1.82) is 0 Å². The van der Waals surface area contributed by atoms with Crippen LogP contribution in [0.2, 0.25) is 0 Å². The fourth-order valence-electron chi connectivity index (χ4n) is 1.96. The minimum atomic E-state index is 0.625. The highest BCUT2D eigenvalue weighted by atomic mass is 16.5. The molecule has 2 nitrogen and oxygen atoms in total. The molecule has 0 fully saturated rings. The third kappa shape index (κ3) is 4.76. The molecule has 0 spiro atoms. The molecule has 0 heterocycles. The van der Waals surface area contributed by atoms with E-state index in [4.69, 9.17) is 4.74 Å². The molecule has 100 valence electrons. The van der Waals surface area contributed by atoms with Crippen LogP contribution < -0.4 is 10.1 Å². The summed E-state index contributed by atoms with van der Waals surface area (Å²) in [4.78, 5) is 0. The van der Waals surface area contributed by atoms with Crippen molar-refractivity contribution in [2.75, 3.05) is 13.6 Å². The van der Waals surface area contributed by atoms with Crippen LogP contribution in [0.15, 0.2) is 54.6 Å². The molecule has 2 aromatic carbocycles. The van der Waals surface area contributed by atoms with Crippen molar-refractivity contribution >= 4 is 0 Å². The maximum Gasteiger partial charge on any atom is 0.119 e. The van der Waals surface area contributed by atoms with Gasteiger partial charge in [-0.15, -0.1) is 0 Å². The summed E-state index contributed by atoms with van der Waals surface area (Å²) in [7, 11) is 1.99. The van der Waals surface area contributed by atoms with E-state index in [0.29, 0.717) is 6.61 Å². The van der Waals surface area contributed by atoms with Crippen LogP contribution in [0.4, 0.5) is 0 Å². The van der Waals surface area contributed by atoms with E-state index in [2.05, 4.69) is 41.7 Å². The molecule has 0 unspecified atom stereocenters. The molecule has 0 aliphatic carbocycles. The number of hydrogen-bond acceptors (Lipinski definition) is 2. The van der Waals surface area contributed by atoms with E-state index < -0.39 is 0 Å². The van der Waals surface area contributed by atoms with Gasteiger partial charge in [0.1, 0.15) is 12.4 Å². The Balaban J connectivity index is 1.81. The standard InChI is InChI=1S/C17H21NO/c1-18-13-5-8-15-9-11-17(12-10-15)19-14-16-6-3-2-4-7-16/h2-4,6-7,9-12,18H,5,8,13-14H2,1H3. The van der Waals surface area contributed by atoms with E-state index in [9.17, 15) is 0 Å². The number of hydrogen-bond donors (Lipinski definition) is 1. The zero-order chi connectivity index (χ0) is 13.3. The molecule has 0 saturated heterocycles. The molecule has 0 aliphatic rings. The maximum absolute atomic E-state index is 5.76. The largest absolute Gasteiger partial charge is 0.489 e. The van der Waals surface area contributed by atoms with E-state index in [1.54, 1.807) is 0 Å². The van der Waals surface area contributed by atoms with Crippen molar-refractivity contribution < 1.29 is 4.74 Å². The van der Waals surface area contributed by atoms with E-state index in [0.717, 1.165) is 18.7 Å². The normalized spacial score (nSPS) is 10.4. The van der Waals surface area contributed by atoms with Crippen molar-refractivity contribution in [1.82, 2.24) is 5.32 Å². The lowest BCUT2D eigenvalue weighted by atomic mass is 10.1. The minimum Gasteiger partial charge on any atom is -0.489 e. The van der Waals surface area contributed by atoms with Crippen LogP contribution in [0.1, 0.15) is 17.5 Å². The molecule has 2 heteroatoms. The van der Waals surface area contributed by atoms with E-state index >= 15 is 0 Å². The molecule has 0 amide bonds. The Hall–Kier alpha value is -1.80. The Morgan fingerprint density at radius 1 is 0.895 bits per heavy atom. The first-order valence-electron chi connectivity index (χ1n) is 6.79. The highest BCUT2D eigenvalue weighted by Gasteiger charge is 1.97. The van der Waals surface area contributed by atoms with Gasteiger partial charge in [0.2, 0.25) is 0 Å². The third-order valence-electron chi connectivity index (χ3n) is 3.06. The monoisotopic (exact) mass is 255 g/mol. The van der Waals surface area contributed by atoms with Crippen molar-refractivity contribution in [2.45, 2.75) is 19.4 Å². The third-order valence-corrected chi connectivity index (χ3v) is 3.06. The first-order valence-corrected chi connectivity index (χ1v) is 6.79. The molecule has 0 aliphatic heterocycles. The highest BCUT2D eigenvalue weighted by molar-refractivity contribution is 5.27. The molecular weight excluding hydrogens is 234 g/mol. The van der Waals surface area contributed by atoms with Gasteiger partial charge in [-0.05, 0) is 49.7 Å². The second-order valence-corrected chi connectivity index (χ2v) is 4.63. The van der Waals surface area contributed by atoms with E-state index in [-0.39, 0.29) is 0 Å². The van der Waals surface area contributed by atoms with Crippen LogP contribution in [-0.4, -0.2) is 13.6 Å². The first kappa shape index (κ1) is 13.6. The summed E-state index contributed by atoms with van der Waals surface area (Å²) in [5, 5.41) is 3.16. The molecule has 0 saturated carbocycles. The molecule has 2 rings (SSSR count). The van der Waals surface area contributed by atoms with Gasteiger partial charge >= 0.3 is 0 Å². The van der Waals surface area contributed by atoms with Crippen molar-refractivity contribution in [3.8, 4) is 5.75 Å². The number of rotatable bonds is 7. The molecule has 1 N–H and O–H groups in total. The highest BCUT2D eigenvalue weighted by Crippen LogP contribution is 2.15. The zero-order valence-corrected chi connectivity index (χ0v) is 11.4. The number of nitrogens with one attached hydrogen (secondary N) is 1. The van der Waals surface area contributed by atoms with Gasteiger partial charge in [0.15, 0.2) is 0 Å². The summed E-state index contributed by atoms with van der Waals surface area (Å²) < 4.78 is 5.76. The van der Waals surface area contributed by atoms with E-state index in [1.807, 2.05) is 25.2 Å². The van der Waals surface area contributed by atoms with Gasteiger partial charge < -0.3 is 10.1 Å². The lowest BCUT2D eigenvalue weighted by Gasteiger charge is -2.07. The Labute approximate surface area is 115 Å². The second kappa shape index (κ2) is 7.59. The average Bonchev–Trinajstić information content (AvgIpc) is 2.48. The van der Waals surface area contributed by atoms with Gasteiger partial charge in [-0.1, -0.05) is 42.5 Å². The molecule has 0 aromatic heterocycles. The summed E-state index contributed by atoms with van der Waals surface area (Å²) >= 11 is 0. The van der Waals surface area contributed by atoms with Crippen LogP contribution in [0, 0.1) is 0 Å². The predicted octanol–water partition coefficient (Wildman–Crippen LogP) is 3.42. The second-order valence-electron chi connectivity index (χ2n) is 4.63. The Kier molecular flexibility index (Phi) is 5.45. The first-order chi connectivity index (χ1) is 9.38. The number of ether oxygens (including phenoxy) is 1. The summed E-state index contributed by atoms with van der Waals surface area (Å²) in [5.41, 5.74) is 2.56. The molecule has 19 heavy (non-hydrogen) atoms. The Morgan fingerprint density at radius 3 is 2.32 bits per heavy atom. The van der Waals surface area contributed by atoms with Gasteiger partial charge in [0.25, 0.3) is 0 Å². The minimum absolute atomic E-state index is 0.625. The topological polar surface area (TPSA) is 21.3 Å². The van der Waals surface area contributed by atoms with Gasteiger partial charge in [-0.2, -0.15) is 0 Å². The fraction of sp³-hybridized carbons (Fsp3) is 0.294. The van der Waals surface area contributed by atoms with Crippen LogP contribution in [-0.2, 0) is 13.0 Å². The van der Waals surface area contributed by atoms with Crippen LogP contribution >= 0.6 is 0 Å². The summed E-state index contributed by atoms with van der Waals surface area (Å²) in [6, 6.07) is 18.6. The van der Waals surface area contributed by atoms with E-state index in [1.165, 1.54) is 17.5 Å². The average molecular weight is 255 g/mol. The predicted molar refractivity (Wildman–Crippen MR) is 79.5 cm³/mol. The van der Waals surface area contributed by atoms with Crippen molar-refractivity contribution in [2.24, 2.45) is 0 Å². The quantitative estimate of drug-likeness (QED) is 0.765.